The van der Waals surface area contributed by atoms with Crippen molar-refractivity contribution in [2.75, 3.05) is 20.1 Å². The van der Waals surface area contributed by atoms with Gasteiger partial charge in [0.05, 0.1) is 0 Å². The highest BCUT2D eigenvalue weighted by Gasteiger charge is 2.21. The average Bonchev–Trinajstić information content (AvgIpc) is 2.49. The van der Waals surface area contributed by atoms with Crippen LogP contribution in [0.15, 0.2) is 6.07 Å². The number of aryl methyl sites for hydroxylation is 2. The molecule has 1 aromatic heterocycles. The fourth-order valence-corrected chi connectivity index (χ4v) is 1.90. The summed E-state index contributed by atoms with van der Waals surface area (Å²) < 4.78 is 5.81. The predicted octanol–water partition coefficient (Wildman–Crippen LogP) is 1.18. The van der Waals surface area contributed by atoms with E-state index < -0.39 is 0 Å². The molecule has 15 heavy (non-hydrogen) atoms. The number of ether oxygens (including phenoxy) is 1. The van der Waals surface area contributed by atoms with Crippen molar-refractivity contribution in [2.45, 2.75) is 26.4 Å². The number of hydrogen-bond donors (Lipinski definition) is 0. The Morgan fingerprint density at radius 3 is 2.80 bits per heavy atom. The van der Waals surface area contributed by atoms with E-state index in [0.29, 0.717) is 5.88 Å². The Morgan fingerprint density at radius 1 is 1.40 bits per heavy atom. The zero-order valence-electron chi connectivity index (χ0n) is 9.53. The van der Waals surface area contributed by atoms with Crippen LogP contribution in [0.4, 0.5) is 0 Å². The minimum absolute atomic E-state index is 0.281. The Labute approximate surface area is 90.3 Å². The van der Waals surface area contributed by atoms with Crippen LogP contribution in [0.3, 0.4) is 0 Å². The lowest BCUT2D eigenvalue weighted by Crippen LogP contribution is -2.22. The van der Waals surface area contributed by atoms with E-state index in [9.17, 15) is 0 Å². The van der Waals surface area contributed by atoms with E-state index in [1.165, 1.54) is 0 Å². The fraction of sp³-hybridized carbons (Fsp3) is 0.636. The van der Waals surface area contributed by atoms with Crippen LogP contribution in [0.2, 0.25) is 0 Å². The predicted molar refractivity (Wildman–Crippen MR) is 58.0 cm³/mol. The summed E-state index contributed by atoms with van der Waals surface area (Å²) in [4.78, 5) is 10.8. The summed E-state index contributed by atoms with van der Waals surface area (Å²) in [6.07, 6.45) is 1.36. The first-order chi connectivity index (χ1) is 7.13. The molecule has 0 aliphatic carbocycles. The first kappa shape index (κ1) is 10.4. The monoisotopic (exact) mass is 207 g/mol. The van der Waals surface area contributed by atoms with Gasteiger partial charge in [-0.05, 0) is 27.3 Å². The number of rotatable bonds is 2. The molecule has 0 radical (unpaired) electrons. The summed E-state index contributed by atoms with van der Waals surface area (Å²) in [6.45, 7) is 5.94. The van der Waals surface area contributed by atoms with Crippen molar-refractivity contribution in [3.63, 3.8) is 0 Å². The van der Waals surface area contributed by atoms with Crippen molar-refractivity contribution in [3.05, 3.63) is 17.6 Å². The Kier molecular flexibility index (Phi) is 2.86. The van der Waals surface area contributed by atoms with Crippen molar-refractivity contribution in [3.8, 4) is 5.88 Å². The molecule has 82 valence electrons. The normalized spacial score (nSPS) is 21.9. The first-order valence-electron chi connectivity index (χ1n) is 5.31. The second-order valence-corrected chi connectivity index (χ2v) is 4.19. The van der Waals surface area contributed by atoms with E-state index in [2.05, 4.69) is 21.9 Å². The number of aromatic nitrogens is 2. The topological polar surface area (TPSA) is 38.2 Å². The minimum Gasteiger partial charge on any atom is -0.473 e. The zero-order valence-corrected chi connectivity index (χ0v) is 9.53. The van der Waals surface area contributed by atoms with Gasteiger partial charge < -0.3 is 9.64 Å². The maximum atomic E-state index is 5.81. The third kappa shape index (κ3) is 2.65. The zero-order chi connectivity index (χ0) is 10.8. The molecule has 4 nitrogen and oxygen atoms in total. The van der Waals surface area contributed by atoms with Crippen molar-refractivity contribution in [1.29, 1.82) is 0 Å². The molecule has 0 spiro atoms. The molecule has 1 aliphatic heterocycles. The van der Waals surface area contributed by atoms with Crippen LogP contribution >= 0.6 is 0 Å². The van der Waals surface area contributed by atoms with E-state index in [-0.39, 0.29) is 6.10 Å². The van der Waals surface area contributed by atoms with Gasteiger partial charge in [0.2, 0.25) is 5.88 Å². The number of likely N-dealkylation sites (N-methyl/N-ethyl adjacent to an activating group) is 1. The molecule has 0 bridgehead atoms. The Balaban J connectivity index is 2.04. The Bertz CT molecular complexity index is 333. The lowest BCUT2D eigenvalue weighted by molar-refractivity contribution is 0.199. The minimum atomic E-state index is 0.281. The highest BCUT2D eigenvalue weighted by Crippen LogP contribution is 2.16. The van der Waals surface area contributed by atoms with E-state index in [4.69, 9.17) is 4.74 Å². The third-order valence-corrected chi connectivity index (χ3v) is 2.58. The molecular weight excluding hydrogens is 190 g/mol. The van der Waals surface area contributed by atoms with Gasteiger partial charge in [-0.25, -0.2) is 4.98 Å². The first-order valence-corrected chi connectivity index (χ1v) is 5.31. The highest BCUT2D eigenvalue weighted by molar-refractivity contribution is 5.15. The van der Waals surface area contributed by atoms with Gasteiger partial charge >= 0.3 is 0 Å². The molecule has 4 heteroatoms. The van der Waals surface area contributed by atoms with Gasteiger partial charge in [-0.15, -0.1) is 0 Å². The summed E-state index contributed by atoms with van der Waals surface area (Å²) in [5.74, 6) is 1.48. The van der Waals surface area contributed by atoms with Crippen LogP contribution in [-0.2, 0) is 0 Å². The second kappa shape index (κ2) is 4.14. The van der Waals surface area contributed by atoms with Gasteiger partial charge in [0, 0.05) is 24.8 Å². The van der Waals surface area contributed by atoms with E-state index in [1.54, 1.807) is 0 Å². The molecular formula is C11H17N3O. The number of nitrogens with zero attached hydrogens (tertiary/aromatic N) is 3. The van der Waals surface area contributed by atoms with Crippen LogP contribution < -0.4 is 4.74 Å². The van der Waals surface area contributed by atoms with Crippen molar-refractivity contribution in [1.82, 2.24) is 14.9 Å². The van der Waals surface area contributed by atoms with Gasteiger partial charge in [0.25, 0.3) is 0 Å². The maximum absolute atomic E-state index is 5.81. The van der Waals surface area contributed by atoms with Gasteiger partial charge in [-0.3, -0.25) is 0 Å². The second-order valence-electron chi connectivity index (χ2n) is 4.19. The standard InChI is InChI=1S/C11H17N3O/c1-8-6-11(13-9(2)12-8)15-10-4-5-14(3)7-10/h6,10H,4-5,7H2,1-3H3/t10-/m1/s1. The van der Waals surface area contributed by atoms with Gasteiger partial charge in [0.1, 0.15) is 11.9 Å². The molecule has 0 unspecified atom stereocenters. The third-order valence-electron chi connectivity index (χ3n) is 2.58. The summed E-state index contributed by atoms with van der Waals surface area (Å²) in [5.41, 5.74) is 0.962. The summed E-state index contributed by atoms with van der Waals surface area (Å²) in [6, 6.07) is 1.89. The molecule has 1 aromatic rings. The quantitative estimate of drug-likeness (QED) is 0.730. The lowest BCUT2D eigenvalue weighted by atomic mass is 10.3. The Morgan fingerprint density at radius 2 is 2.20 bits per heavy atom. The SMILES string of the molecule is Cc1cc(O[C@@H]2CCN(C)C2)nc(C)n1. The van der Waals surface area contributed by atoms with Crippen LogP contribution in [0.25, 0.3) is 0 Å². The van der Waals surface area contributed by atoms with Crippen molar-refractivity contribution in [2.24, 2.45) is 0 Å². The van der Waals surface area contributed by atoms with Crippen LogP contribution in [0.5, 0.6) is 5.88 Å². The fourth-order valence-electron chi connectivity index (χ4n) is 1.90. The molecule has 0 amide bonds. The molecule has 1 aliphatic rings. The van der Waals surface area contributed by atoms with Crippen LogP contribution in [0, 0.1) is 13.8 Å². The molecule has 2 heterocycles. The Hall–Kier alpha value is -1.16. The summed E-state index contributed by atoms with van der Waals surface area (Å²) in [5, 5.41) is 0. The lowest BCUT2D eigenvalue weighted by Gasteiger charge is -2.13. The maximum Gasteiger partial charge on any atom is 0.217 e. The smallest absolute Gasteiger partial charge is 0.217 e. The van der Waals surface area contributed by atoms with E-state index in [1.807, 2.05) is 19.9 Å². The van der Waals surface area contributed by atoms with Crippen LogP contribution in [0.1, 0.15) is 17.9 Å². The molecule has 1 atom stereocenters. The van der Waals surface area contributed by atoms with Gasteiger partial charge in [0.15, 0.2) is 0 Å². The average molecular weight is 207 g/mol. The molecule has 0 aromatic carbocycles. The van der Waals surface area contributed by atoms with E-state index >= 15 is 0 Å². The molecule has 0 N–H and O–H groups in total. The highest BCUT2D eigenvalue weighted by atomic mass is 16.5. The molecule has 0 saturated carbocycles. The van der Waals surface area contributed by atoms with Crippen molar-refractivity contribution < 1.29 is 4.74 Å². The van der Waals surface area contributed by atoms with Crippen LogP contribution in [-0.4, -0.2) is 41.1 Å². The van der Waals surface area contributed by atoms with Crippen molar-refractivity contribution >= 4 is 0 Å². The van der Waals surface area contributed by atoms with Gasteiger partial charge in [-0.2, -0.15) is 4.98 Å². The number of hydrogen-bond acceptors (Lipinski definition) is 4. The van der Waals surface area contributed by atoms with E-state index in [0.717, 1.165) is 31.0 Å². The number of likely N-dealkylation sites (tertiary alicyclic amines) is 1. The molecule has 2 rings (SSSR count). The molecule has 1 fully saturated rings. The van der Waals surface area contributed by atoms with Gasteiger partial charge in [-0.1, -0.05) is 0 Å². The summed E-state index contributed by atoms with van der Waals surface area (Å²) in [7, 11) is 2.11. The molecule has 1 saturated heterocycles. The summed E-state index contributed by atoms with van der Waals surface area (Å²) >= 11 is 0. The largest absolute Gasteiger partial charge is 0.473 e.